The second-order valence-electron chi connectivity index (χ2n) is 5.39. The van der Waals surface area contributed by atoms with Crippen LogP contribution in [0.15, 0.2) is 0 Å². The average Bonchev–Trinajstić information content (AvgIpc) is 2.21. The van der Waals surface area contributed by atoms with E-state index in [1.165, 1.54) is 6.92 Å². The first kappa shape index (κ1) is 17.6. The molecule has 0 saturated heterocycles. The fourth-order valence-electron chi connectivity index (χ4n) is 1.54. The summed E-state index contributed by atoms with van der Waals surface area (Å²) in [6.07, 6.45) is 0.950. The molecule has 0 rings (SSSR count). The number of hydrogen-bond acceptors (Lipinski definition) is 5. The predicted octanol–water partition coefficient (Wildman–Crippen LogP) is 2.27. The van der Waals surface area contributed by atoms with Gasteiger partial charge in [-0.05, 0) is 47.5 Å². The molecule has 1 atom stereocenters. The van der Waals surface area contributed by atoms with E-state index in [1.807, 2.05) is 0 Å². The summed E-state index contributed by atoms with van der Waals surface area (Å²) in [7, 11) is 0. The van der Waals surface area contributed by atoms with Crippen molar-refractivity contribution in [1.29, 1.82) is 0 Å². The molecule has 0 amide bonds. The van der Waals surface area contributed by atoms with Crippen LogP contribution < -0.4 is 0 Å². The molecule has 0 aromatic heterocycles. The molecule has 19 heavy (non-hydrogen) atoms. The van der Waals surface area contributed by atoms with Crippen LogP contribution in [0.3, 0.4) is 0 Å². The number of ketones is 1. The van der Waals surface area contributed by atoms with Gasteiger partial charge >= 0.3 is 11.9 Å². The lowest BCUT2D eigenvalue weighted by Gasteiger charge is -2.22. The zero-order valence-corrected chi connectivity index (χ0v) is 12.4. The average molecular weight is 272 g/mol. The van der Waals surface area contributed by atoms with Crippen molar-refractivity contribution in [2.45, 2.75) is 59.5 Å². The third-order valence-corrected chi connectivity index (χ3v) is 2.36. The van der Waals surface area contributed by atoms with Crippen LogP contribution in [-0.2, 0) is 23.9 Å². The van der Waals surface area contributed by atoms with Crippen molar-refractivity contribution in [3.63, 3.8) is 0 Å². The Hall–Kier alpha value is -1.39. The maximum Gasteiger partial charge on any atom is 0.316 e. The predicted molar refractivity (Wildman–Crippen MR) is 70.5 cm³/mol. The smallest absolute Gasteiger partial charge is 0.316 e. The lowest BCUT2D eigenvalue weighted by Crippen LogP contribution is -2.32. The summed E-state index contributed by atoms with van der Waals surface area (Å²) in [6, 6.07) is 0. The van der Waals surface area contributed by atoms with E-state index >= 15 is 0 Å². The molecule has 5 heteroatoms. The van der Waals surface area contributed by atoms with Gasteiger partial charge in [-0.3, -0.25) is 14.4 Å². The highest BCUT2D eigenvalue weighted by Crippen LogP contribution is 2.17. The van der Waals surface area contributed by atoms with Gasteiger partial charge in [-0.15, -0.1) is 0 Å². The Morgan fingerprint density at radius 1 is 1.16 bits per heavy atom. The molecule has 5 nitrogen and oxygen atoms in total. The van der Waals surface area contributed by atoms with Crippen LogP contribution in [-0.4, -0.2) is 29.9 Å². The van der Waals surface area contributed by atoms with Crippen LogP contribution in [0.1, 0.15) is 53.9 Å². The second kappa shape index (κ2) is 7.92. The van der Waals surface area contributed by atoms with Crippen LogP contribution in [0.5, 0.6) is 0 Å². The molecule has 0 bridgehead atoms. The number of carbonyl (C=O) groups excluding carboxylic acids is 3. The van der Waals surface area contributed by atoms with E-state index in [9.17, 15) is 14.4 Å². The van der Waals surface area contributed by atoms with Crippen LogP contribution in [0.25, 0.3) is 0 Å². The number of carbonyl (C=O) groups is 3. The number of hydrogen-bond donors (Lipinski definition) is 0. The van der Waals surface area contributed by atoms with Gasteiger partial charge in [0.1, 0.15) is 17.3 Å². The highest BCUT2D eigenvalue weighted by molar-refractivity contribution is 5.97. The van der Waals surface area contributed by atoms with Gasteiger partial charge in [-0.25, -0.2) is 0 Å². The molecular weight excluding hydrogens is 248 g/mol. The van der Waals surface area contributed by atoms with Crippen LogP contribution in [0.4, 0.5) is 0 Å². The molecule has 1 unspecified atom stereocenters. The summed E-state index contributed by atoms with van der Waals surface area (Å²) in [5.74, 6) is -1.87. The lowest BCUT2D eigenvalue weighted by atomic mass is 9.98. The Balaban J connectivity index is 4.31. The summed E-state index contributed by atoms with van der Waals surface area (Å²) in [6.45, 7) is 8.68. The van der Waals surface area contributed by atoms with Crippen molar-refractivity contribution in [2.75, 3.05) is 6.61 Å². The van der Waals surface area contributed by atoms with Gasteiger partial charge in [0.15, 0.2) is 0 Å². The van der Waals surface area contributed by atoms with Gasteiger partial charge in [-0.1, -0.05) is 0 Å². The van der Waals surface area contributed by atoms with E-state index < -0.39 is 17.5 Å². The molecule has 0 saturated carbocycles. The number of esters is 2. The number of ether oxygens (including phenoxy) is 2. The fraction of sp³-hybridized carbons (Fsp3) is 0.786. The summed E-state index contributed by atoms with van der Waals surface area (Å²) in [5, 5.41) is 0. The van der Waals surface area contributed by atoms with Crippen molar-refractivity contribution in [1.82, 2.24) is 0 Å². The highest BCUT2D eigenvalue weighted by atomic mass is 16.6. The molecule has 0 fully saturated rings. The highest BCUT2D eigenvalue weighted by Gasteiger charge is 2.28. The van der Waals surface area contributed by atoms with Gasteiger partial charge in [-0.2, -0.15) is 0 Å². The minimum atomic E-state index is -0.798. The fourth-order valence-corrected chi connectivity index (χ4v) is 1.54. The van der Waals surface area contributed by atoms with E-state index in [-0.39, 0.29) is 18.2 Å². The second-order valence-corrected chi connectivity index (χ2v) is 5.39. The monoisotopic (exact) mass is 272 g/mol. The van der Waals surface area contributed by atoms with Gasteiger partial charge in [0.2, 0.25) is 0 Å². The zero-order chi connectivity index (χ0) is 15.1. The van der Waals surface area contributed by atoms with E-state index in [0.717, 1.165) is 0 Å². The van der Waals surface area contributed by atoms with Gasteiger partial charge < -0.3 is 9.47 Å². The number of rotatable bonds is 7. The number of Topliss-reactive ketones (excluding diaryl/α,β-unsaturated/α-hetero) is 1. The molecule has 0 radical (unpaired) electrons. The zero-order valence-electron chi connectivity index (χ0n) is 12.4. The van der Waals surface area contributed by atoms with E-state index in [4.69, 9.17) is 9.47 Å². The summed E-state index contributed by atoms with van der Waals surface area (Å²) in [5.41, 5.74) is -0.619. The van der Waals surface area contributed by atoms with Crippen molar-refractivity contribution >= 4 is 17.7 Å². The van der Waals surface area contributed by atoms with E-state index in [2.05, 4.69) is 0 Å². The third kappa shape index (κ3) is 8.35. The molecule has 0 aromatic carbocycles. The van der Waals surface area contributed by atoms with E-state index in [0.29, 0.717) is 19.4 Å². The van der Waals surface area contributed by atoms with Gasteiger partial charge in [0.25, 0.3) is 0 Å². The molecule has 0 aliphatic carbocycles. The molecule has 0 heterocycles. The first-order valence-electron chi connectivity index (χ1n) is 6.56. The van der Waals surface area contributed by atoms with Crippen LogP contribution >= 0.6 is 0 Å². The normalized spacial score (nSPS) is 12.7. The standard InChI is InChI=1S/C14H24O5/c1-6-18-12(16)9-7-8-11(10(2)15)13(17)19-14(3,4)5/h11H,6-9H2,1-5H3. The third-order valence-electron chi connectivity index (χ3n) is 2.36. The van der Waals surface area contributed by atoms with Crippen molar-refractivity contribution < 1.29 is 23.9 Å². The van der Waals surface area contributed by atoms with Crippen molar-refractivity contribution in [2.24, 2.45) is 5.92 Å². The summed E-state index contributed by atoms with van der Waals surface area (Å²) < 4.78 is 9.98. The molecule has 0 aromatic rings. The van der Waals surface area contributed by atoms with Gasteiger partial charge in [0, 0.05) is 6.42 Å². The van der Waals surface area contributed by atoms with E-state index in [1.54, 1.807) is 27.7 Å². The first-order chi connectivity index (χ1) is 8.67. The minimum absolute atomic E-state index is 0.209. The SMILES string of the molecule is CCOC(=O)CCCC(C(C)=O)C(=O)OC(C)(C)C. The first-order valence-corrected chi connectivity index (χ1v) is 6.56. The lowest BCUT2D eigenvalue weighted by molar-refractivity contribution is -0.162. The minimum Gasteiger partial charge on any atom is -0.466 e. The largest absolute Gasteiger partial charge is 0.466 e. The molecular formula is C14H24O5. The Kier molecular flexibility index (Phi) is 7.34. The van der Waals surface area contributed by atoms with Gasteiger partial charge in [0.05, 0.1) is 6.61 Å². The Morgan fingerprint density at radius 2 is 1.74 bits per heavy atom. The maximum absolute atomic E-state index is 11.8. The molecule has 0 N–H and O–H groups in total. The molecule has 0 aliphatic heterocycles. The van der Waals surface area contributed by atoms with Crippen molar-refractivity contribution in [3.05, 3.63) is 0 Å². The quantitative estimate of drug-likeness (QED) is 0.525. The van der Waals surface area contributed by atoms with Crippen LogP contribution in [0, 0.1) is 5.92 Å². The maximum atomic E-state index is 11.8. The Morgan fingerprint density at radius 3 is 2.16 bits per heavy atom. The van der Waals surface area contributed by atoms with Crippen LogP contribution in [0.2, 0.25) is 0 Å². The molecule has 0 aliphatic rings. The molecule has 110 valence electrons. The summed E-state index contributed by atoms with van der Waals surface area (Å²) in [4.78, 5) is 34.5. The topological polar surface area (TPSA) is 69.7 Å². The summed E-state index contributed by atoms with van der Waals surface area (Å²) >= 11 is 0. The Bertz CT molecular complexity index is 327. The van der Waals surface area contributed by atoms with Crippen molar-refractivity contribution in [3.8, 4) is 0 Å². The Labute approximate surface area is 114 Å². The molecule has 0 spiro atoms.